The molecule has 94 valence electrons. The lowest BCUT2D eigenvalue weighted by molar-refractivity contribution is 0.128. The standard InChI is InChI=1S/C16H19NO/c1-2-10-17-11-4-6-13-12-5-3-7-16(18)14(12)8-9-15(13)17/h1,3,5,7,13,15,18H,4,6,8-11H2/t13-,15-/m1/s1. The van der Waals surface area contributed by atoms with E-state index in [1.807, 2.05) is 6.07 Å². The molecule has 0 radical (unpaired) electrons. The van der Waals surface area contributed by atoms with Gasteiger partial charge in [0.15, 0.2) is 0 Å². The molecule has 1 heterocycles. The van der Waals surface area contributed by atoms with Gasteiger partial charge >= 0.3 is 0 Å². The number of hydrogen-bond acceptors (Lipinski definition) is 2. The van der Waals surface area contributed by atoms with Crippen LogP contribution in [0.2, 0.25) is 0 Å². The lowest BCUT2D eigenvalue weighted by atomic mass is 9.74. The molecule has 2 heteroatoms. The van der Waals surface area contributed by atoms with E-state index in [-0.39, 0.29) is 0 Å². The highest BCUT2D eigenvalue weighted by Crippen LogP contribution is 2.42. The quantitative estimate of drug-likeness (QED) is 0.764. The molecule has 18 heavy (non-hydrogen) atoms. The summed E-state index contributed by atoms with van der Waals surface area (Å²) in [6, 6.07) is 6.53. The zero-order valence-electron chi connectivity index (χ0n) is 10.6. The zero-order valence-corrected chi connectivity index (χ0v) is 10.6. The van der Waals surface area contributed by atoms with Crippen LogP contribution in [-0.2, 0) is 6.42 Å². The van der Waals surface area contributed by atoms with E-state index >= 15 is 0 Å². The average Bonchev–Trinajstić information content (AvgIpc) is 2.40. The Morgan fingerprint density at radius 1 is 1.39 bits per heavy atom. The third kappa shape index (κ3) is 1.79. The number of likely N-dealkylation sites (tertiary alicyclic amines) is 1. The maximum atomic E-state index is 9.97. The Labute approximate surface area is 109 Å². The monoisotopic (exact) mass is 241 g/mol. The number of aromatic hydroxyl groups is 1. The topological polar surface area (TPSA) is 23.5 Å². The second kappa shape index (κ2) is 4.66. The molecular formula is C16H19NO. The number of nitrogens with zero attached hydrogens (tertiary/aromatic N) is 1. The fourth-order valence-corrected chi connectivity index (χ4v) is 3.69. The van der Waals surface area contributed by atoms with Gasteiger partial charge < -0.3 is 5.11 Å². The van der Waals surface area contributed by atoms with Crippen molar-refractivity contribution in [1.82, 2.24) is 4.90 Å². The van der Waals surface area contributed by atoms with Crippen LogP contribution >= 0.6 is 0 Å². The van der Waals surface area contributed by atoms with Crippen molar-refractivity contribution in [2.24, 2.45) is 0 Å². The minimum Gasteiger partial charge on any atom is -0.508 e. The molecule has 0 saturated carbocycles. The summed E-state index contributed by atoms with van der Waals surface area (Å²) in [6.07, 6.45) is 10.00. The molecule has 0 unspecified atom stereocenters. The maximum Gasteiger partial charge on any atom is 0.119 e. The molecule has 1 aromatic carbocycles. The van der Waals surface area contributed by atoms with Crippen LogP contribution in [0.15, 0.2) is 18.2 Å². The van der Waals surface area contributed by atoms with Crippen LogP contribution in [-0.4, -0.2) is 29.1 Å². The Kier molecular flexibility index (Phi) is 3.01. The first-order chi connectivity index (χ1) is 8.81. The smallest absolute Gasteiger partial charge is 0.119 e. The van der Waals surface area contributed by atoms with E-state index in [9.17, 15) is 5.11 Å². The molecular weight excluding hydrogens is 222 g/mol. The molecule has 1 aromatic rings. The highest BCUT2D eigenvalue weighted by Gasteiger charge is 2.36. The van der Waals surface area contributed by atoms with E-state index in [0.717, 1.165) is 25.9 Å². The Balaban J connectivity index is 1.95. The molecule has 0 bridgehead atoms. The Bertz CT molecular complexity index is 488. The lowest BCUT2D eigenvalue weighted by Gasteiger charge is -2.44. The van der Waals surface area contributed by atoms with E-state index < -0.39 is 0 Å². The number of piperidine rings is 1. The van der Waals surface area contributed by atoms with Gasteiger partial charge in [0.1, 0.15) is 5.75 Å². The van der Waals surface area contributed by atoms with Crippen LogP contribution in [0.4, 0.5) is 0 Å². The SMILES string of the molecule is C#CCN1CCC[C@@H]2c3cccc(O)c3CC[C@H]21. The van der Waals surface area contributed by atoms with Crippen molar-refractivity contribution in [1.29, 1.82) is 0 Å². The predicted octanol–water partition coefficient (Wildman–Crippen LogP) is 2.52. The molecule has 2 aliphatic rings. The number of terminal acetylenes is 1. The van der Waals surface area contributed by atoms with Crippen LogP contribution in [0.3, 0.4) is 0 Å². The summed E-state index contributed by atoms with van der Waals surface area (Å²) >= 11 is 0. The summed E-state index contributed by atoms with van der Waals surface area (Å²) in [5.74, 6) is 3.81. The Morgan fingerprint density at radius 3 is 3.11 bits per heavy atom. The highest BCUT2D eigenvalue weighted by atomic mass is 16.3. The first-order valence-corrected chi connectivity index (χ1v) is 6.79. The second-order valence-corrected chi connectivity index (χ2v) is 5.37. The van der Waals surface area contributed by atoms with Gasteiger partial charge in [0.25, 0.3) is 0 Å². The molecule has 1 aliphatic carbocycles. The molecule has 0 amide bonds. The van der Waals surface area contributed by atoms with Crippen molar-refractivity contribution in [2.45, 2.75) is 37.6 Å². The molecule has 1 saturated heterocycles. The van der Waals surface area contributed by atoms with Gasteiger partial charge in [0.05, 0.1) is 6.54 Å². The minimum atomic E-state index is 0.472. The number of phenolic OH excluding ortho intramolecular Hbond substituents is 1. The third-order valence-corrected chi connectivity index (χ3v) is 4.47. The van der Waals surface area contributed by atoms with Crippen LogP contribution in [0.1, 0.15) is 36.3 Å². The summed E-state index contributed by atoms with van der Waals surface area (Å²) in [6.45, 7) is 1.88. The summed E-state index contributed by atoms with van der Waals surface area (Å²) in [5, 5.41) is 9.97. The first-order valence-electron chi connectivity index (χ1n) is 6.79. The number of rotatable bonds is 1. The number of benzene rings is 1. The second-order valence-electron chi connectivity index (χ2n) is 5.37. The summed E-state index contributed by atoms with van der Waals surface area (Å²) in [7, 11) is 0. The van der Waals surface area contributed by atoms with Crippen molar-refractivity contribution in [2.75, 3.05) is 13.1 Å². The van der Waals surface area contributed by atoms with E-state index in [1.54, 1.807) is 6.07 Å². The summed E-state index contributed by atoms with van der Waals surface area (Å²) in [5.41, 5.74) is 2.52. The molecule has 1 N–H and O–H groups in total. The van der Waals surface area contributed by atoms with Gasteiger partial charge in [-0.15, -0.1) is 6.42 Å². The van der Waals surface area contributed by atoms with Crippen molar-refractivity contribution in [3.05, 3.63) is 29.3 Å². The summed E-state index contributed by atoms with van der Waals surface area (Å²) in [4.78, 5) is 2.45. The van der Waals surface area contributed by atoms with Gasteiger partial charge in [-0.25, -0.2) is 0 Å². The van der Waals surface area contributed by atoms with Gasteiger partial charge in [0, 0.05) is 6.04 Å². The molecule has 3 rings (SSSR count). The molecule has 0 spiro atoms. The number of fused-ring (bicyclic) bond motifs is 3. The fourth-order valence-electron chi connectivity index (χ4n) is 3.69. The van der Waals surface area contributed by atoms with Crippen molar-refractivity contribution < 1.29 is 5.11 Å². The van der Waals surface area contributed by atoms with Gasteiger partial charge in [-0.2, -0.15) is 0 Å². The largest absolute Gasteiger partial charge is 0.508 e. The molecule has 2 atom stereocenters. The Morgan fingerprint density at radius 2 is 2.28 bits per heavy atom. The van der Waals surface area contributed by atoms with Gasteiger partial charge in [-0.3, -0.25) is 4.90 Å². The number of phenols is 1. The summed E-state index contributed by atoms with van der Waals surface area (Å²) < 4.78 is 0. The van der Waals surface area contributed by atoms with Gasteiger partial charge in [-0.05, 0) is 55.3 Å². The van der Waals surface area contributed by atoms with Crippen LogP contribution in [0.5, 0.6) is 5.75 Å². The van der Waals surface area contributed by atoms with Crippen LogP contribution < -0.4 is 0 Å². The minimum absolute atomic E-state index is 0.472. The zero-order chi connectivity index (χ0) is 12.5. The van der Waals surface area contributed by atoms with E-state index in [1.165, 1.54) is 24.0 Å². The van der Waals surface area contributed by atoms with Gasteiger partial charge in [0.2, 0.25) is 0 Å². The van der Waals surface area contributed by atoms with Crippen LogP contribution in [0.25, 0.3) is 0 Å². The van der Waals surface area contributed by atoms with Crippen molar-refractivity contribution >= 4 is 0 Å². The van der Waals surface area contributed by atoms with E-state index in [4.69, 9.17) is 6.42 Å². The first kappa shape index (κ1) is 11.6. The fraction of sp³-hybridized carbons (Fsp3) is 0.500. The molecule has 1 fully saturated rings. The maximum absolute atomic E-state index is 9.97. The third-order valence-electron chi connectivity index (χ3n) is 4.47. The molecule has 2 nitrogen and oxygen atoms in total. The van der Waals surface area contributed by atoms with Crippen molar-refractivity contribution in [3.63, 3.8) is 0 Å². The van der Waals surface area contributed by atoms with Gasteiger partial charge in [-0.1, -0.05) is 18.1 Å². The molecule has 0 aromatic heterocycles. The number of hydrogen-bond donors (Lipinski definition) is 1. The van der Waals surface area contributed by atoms with E-state index in [0.29, 0.717) is 17.7 Å². The highest BCUT2D eigenvalue weighted by molar-refractivity contribution is 5.44. The Hall–Kier alpha value is -1.46. The normalized spacial score (nSPS) is 27.1. The van der Waals surface area contributed by atoms with E-state index in [2.05, 4.69) is 16.9 Å². The average molecular weight is 241 g/mol. The predicted molar refractivity (Wildman–Crippen MR) is 72.6 cm³/mol. The lowest BCUT2D eigenvalue weighted by Crippen LogP contribution is -2.46. The van der Waals surface area contributed by atoms with Crippen LogP contribution in [0, 0.1) is 12.3 Å². The van der Waals surface area contributed by atoms with Crippen molar-refractivity contribution in [3.8, 4) is 18.1 Å². The molecule has 1 aliphatic heterocycles.